The van der Waals surface area contributed by atoms with Crippen molar-refractivity contribution in [3.63, 3.8) is 0 Å². The fourth-order valence-corrected chi connectivity index (χ4v) is 3.55. The third kappa shape index (κ3) is 4.33. The van der Waals surface area contributed by atoms with E-state index < -0.39 is 17.2 Å². The summed E-state index contributed by atoms with van der Waals surface area (Å²) in [5.41, 5.74) is 0.916. The molecule has 0 spiro atoms. The number of allylic oxidation sites excluding steroid dienone is 2. The number of carbonyl (C=O) groups excluding carboxylic acids is 1. The van der Waals surface area contributed by atoms with E-state index in [1.54, 1.807) is 14.0 Å². The molecule has 1 N–H and O–H groups in total. The highest BCUT2D eigenvalue weighted by Crippen LogP contribution is 2.20. The molecular formula is C20H30N6O4. The van der Waals surface area contributed by atoms with Crippen LogP contribution in [0.4, 0.5) is 5.95 Å². The second kappa shape index (κ2) is 9.29. The Morgan fingerprint density at radius 3 is 2.53 bits per heavy atom. The third-order valence-electron chi connectivity index (χ3n) is 5.14. The molecule has 3 heterocycles. The molecule has 10 nitrogen and oxygen atoms in total. The molecule has 1 aliphatic rings. The number of carbonyl (C=O) groups is 1. The van der Waals surface area contributed by atoms with Gasteiger partial charge >= 0.3 is 11.7 Å². The Morgan fingerprint density at radius 2 is 1.90 bits per heavy atom. The molecular weight excluding hydrogens is 388 g/mol. The van der Waals surface area contributed by atoms with Gasteiger partial charge in [-0.2, -0.15) is 4.98 Å². The summed E-state index contributed by atoms with van der Waals surface area (Å²) in [6.07, 6.45) is 1.99. The van der Waals surface area contributed by atoms with Crippen LogP contribution in [0.1, 0.15) is 27.2 Å². The van der Waals surface area contributed by atoms with Gasteiger partial charge in [0.2, 0.25) is 5.95 Å². The number of piperazine rings is 1. The first kappa shape index (κ1) is 21.8. The third-order valence-corrected chi connectivity index (χ3v) is 5.14. The van der Waals surface area contributed by atoms with E-state index in [1.165, 1.54) is 4.57 Å². The van der Waals surface area contributed by atoms with E-state index in [1.807, 2.05) is 24.5 Å². The van der Waals surface area contributed by atoms with Crippen LogP contribution >= 0.6 is 0 Å². The smallest absolute Gasteiger partial charge is 0.332 e. The van der Waals surface area contributed by atoms with Gasteiger partial charge in [0.25, 0.3) is 5.56 Å². The molecule has 1 saturated heterocycles. The monoisotopic (exact) mass is 418 g/mol. The second-order valence-corrected chi connectivity index (χ2v) is 7.57. The summed E-state index contributed by atoms with van der Waals surface area (Å²) in [5.74, 6) is 0.241. The van der Waals surface area contributed by atoms with E-state index in [9.17, 15) is 14.4 Å². The van der Waals surface area contributed by atoms with Crippen LogP contribution in [0.5, 0.6) is 0 Å². The molecule has 0 atom stereocenters. The quantitative estimate of drug-likeness (QED) is 0.507. The number of ether oxygens (including phenoxy) is 1. The normalized spacial score (nSPS) is 14.2. The van der Waals surface area contributed by atoms with Crippen molar-refractivity contribution >= 4 is 23.1 Å². The Morgan fingerprint density at radius 1 is 1.20 bits per heavy atom. The molecule has 2 aromatic rings. The van der Waals surface area contributed by atoms with Crippen molar-refractivity contribution in [1.82, 2.24) is 24.0 Å². The molecule has 0 bridgehead atoms. The molecule has 0 saturated carbocycles. The minimum absolute atomic E-state index is 0.0307. The summed E-state index contributed by atoms with van der Waals surface area (Å²) in [7, 11) is 1.60. The molecule has 30 heavy (non-hydrogen) atoms. The predicted octanol–water partition coefficient (Wildman–Crippen LogP) is 0.226. The van der Waals surface area contributed by atoms with Crippen LogP contribution < -0.4 is 21.5 Å². The topological polar surface area (TPSA) is 103 Å². The molecule has 0 unspecified atom stereocenters. The molecule has 2 aromatic heterocycles. The van der Waals surface area contributed by atoms with E-state index in [-0.39, 0.29) is 19.6 Å². The van der Waals surface area contributed by atoms with E-state index in [2.05, 4.69) is 10.2 Å². The van der Waals surface area contributed by atoms with Gasteiger partial charge in [0.15, 0.2) is 11.2 Å². The number of rotatable bonds is 7. The fraction of sp³-hybridized carbons (Fsp3) is 0.600. The number of esters is 1. The van der Waals surface area contributed by atoms with Crippen molar-refractivity contribution in [2.24, 2.45) is 7.05 Å². The van der Waals surface area contributed by atoms with Crippen LogP contribution in [0.3, 0.4) is 0 Å². The maximum absolute atomic E-state index is 13.3. The van der Waals surface area contributed by atoms with Gasteiger partial charge in [0.05, 0.1) is 13.0 Å². The summed E-state index contributed by atoms with van der Waals surface area (Å²) in [4.78, 5) is 44.7. The van der Waals surface area contributed by atoms with E-state index in [0.29, 0.717) is 23.7 Å². The summed E-state index contributed by atoms with van der Waals surface area (Å²) >= 11 is 0. The SMILES string of the molecule is CCOC(=O)CCn1c(=O)c2c(nc(N3CCNCC3)n2CC=C(C)C)n(C)c1=O. The maximum Gasteiger partial charge on any atom is 0.332 e. The largest absolute Gasteiger partial charge is 0.466 e. The first-order valence-corrected chi connectivity index (χ1v) is 10.3. The molecule has 0 amide bonds. The Kier molecular flexibility index (Phi) is 6.76. The van der Waals surface area contributed by atoms with Crippen LogP contribution in [0.2, 0.25) is 0 Å². The molecule has 1 fully saturated rings. The van der Waals surface area contributed by atoms with Crippen LogP contribution in [0.25, 0.3) is 11.2 Å². The van der Waals surface area contributed by atoms with Gasteiger partial charge in [-0.1, -0.05) is 11.6 Å². The lowest BCUT2D eigenvalue weighted by atomic mass is 10.3. The van der Waals surface area contributed by atoms with Gasteiger partial charge in [-0.05, 0) is 20.8 Å². The number of fused-ring (bicyclic) bond motifs is 1. The standard InChI is InChI=1S/C20H30N6O4/c1-5-30-15(27)7-11-26-18(28)16-17(23(4)20(26)29)22-19(24-12-8-21-9-13-24)25(16)10-6-14(2)3/h6,21H,5,7-13H2,1-4H3. The highest BCUT2D eigenvalue weighted by Gasteiger charge is 2.24. The number of nitrogens with zero attached hydrogens (tertiary/aromatic N) is 5. The van der Waals surface area contributed by atoms with Gasteiger partial charge in [-0.3, -0.25) is 18.7 Å². The number of imidazole rings is 1. The van der Waals surface area contributed by atoms with Crippen molar-refractivity contribution in [1.29, 1.82) is 0 Å². The minimum atomic E-state index is -0.490. The number of hydrogen-bond acceptors (Lipinski definition) is 7. The Bertz CT molecular complexity index is 1070. The summed E-state index contributed by atoms with van der Waals surface area (Å²) in [6, 6.07) is 0. The summed E-state index contributed by atoms with van der Waals surface area (Å²) in [5, 5.41) is 3.31. The summed E-state index contributed by atoms with van der Waals surface area (Å²) < 4.78 is 9.28. The van der Waals surface area contributed by atoms with Gasteiger partial charge in [-0.15, -0.1) is 0 Å². The average Bonchev–Trinajstić information content (AvgIpc) is 3.11. The van der Waals surface area contributed by atoms with E-state index in [4.69, 9.17) is 9.72 Å². The number of aryl methyl sites for hydroxylation is 1. The number of hydrogen-bond donors (Lipinski definition) is 1. The number of anilines is 1. The first-order valence-electron chi connectivity index (χ1n) is 10.3. The molecule has 164 valence electrons. The van der Waals surface area contributed by atoms with Crippen LogP contribution in [-0.2, 0) is 29.7 Å². The van der Waals surface area contributed by atoms with Crippen molar-refractivity contribution in [3.8, 4) is 0 Å². The fourth-order valence-electron chi connectivity index (χ4n) is 3.55. The highest BCUT2D eigenvalue weighted by molar-refractivity contribution is 5.75. The first-order chi connectivity index (χ1) is 14.3. The van der Waals surface area contributed by atoms with Gasteiger partial charge in [0, 0.05) is 46.3 Å². The van der Waals surface area contributed by atoms with Crippen LogP contribution in [0, 0.1) is 0 Å². The van der Waals surface area contributed by atoms with Crippen molar-refractivity contribution in [2.45, 2.75) is 40.3 Å². The number of aromatic nitrogens is 4. The van der Waals surface area contributed by atoms with Crippen molar-refractivity contribution < 1.29 is 9.53 Å². The lowest BCUT2D eigenvalue weighted by Gasteiger charge is -2.28. The Balaban J connectivity index is 2.16. The molecule has 0 radical (unpaired) electrons. The van der Waals surface area contributed by atoms with Gasteiger partial charge in [-0.25, -0.2) is 4.79 Å². The number of nitrogens with one attached hydrogen (secondary N) is 1. The average molecular weight is 418 g/mol. The maximum atomic E-state index is 13.3. The Hall–Kier alpha value is -2.88. The van der Waals surface area contributed by atoms with Crippen LogP contribution in [-0.4, -0.2) is 57.4 Å². The van der Waals surface area contributed by atoms with Gasteiger partial charge in [0.1, 0.15) is 0 Å². The van der Waals surface area contributed by atoms with Crippen molar-refractivity contribution in [2.75, 3.05) is 37.7 Å². The zero-order valence-electron chi connectivity index (χ0n) is 18.1. The van der Waals surface area contributed by atoms with E-state index in [0.717, 1.165) is 36.3 Å². The second-order valence-electron chi connectivity index (χ2n) is 7.57. The lowest BCUT2D eigenvalue weighted by Crippen LogP contribution is -2.44. The van der Waals surface area contributed by atoms with Crippen LogP contribution in [0.15, 0.2) is 21.2 Å². The van der Waals surface area contributed by atoms with E-state index >= 15 is 0 Å². The zero-order valence-corrected chi connectivity index (χ0v) is 18.1. The molecule has 3 rings (SSSR count). The molecule has 1 aliphatic heterocycles. The minimum Gasteiger partial charge on any atom is -0.466 e. The summed E-state index contributed by atoms with van der Waals surface area (Å²) in [6.45, 7) is 9.60. The molecule has 10 heteroatoms. The zero-order chi connectivity index (χ0) is 21.8. The lowest BCUT2D eigenvalue weighted by molar-refractivity contribution is -0.143. The molecule has 0 aliphatic carbocycles. The Labute approximate surface area is 174 Å². The highest BCUT2D eigenvalue weighted by atomic mass is 16.5. The van der Waals surface area contributed by atoms with Crippen molar-refractivity contribution in [3.05, 3.63) is 32.5 Å². The predicted molar refractivity (Wildman–Crippen MR) is 115 cm³/mol. The van der Waals surface area contributed by atoms with Gasteiger partial charge < -0.3 is 19.5 Å². The molecule has 0 aromatic carbocycles.